The zero-order valence-electron chi connectivity index (χ0n) is 14.7. The van der Waals surface area contributed by atoms with Crippen molar-refractivity contribution in [1.29, 1.82) is 0 Å². The maximum absolute atomic E-state index is 14.0. The molecule has 1 saturated carbocycles. The summed E-state index contributed by atoms with van der Waals surface area (Å²) in [5.74, 6) is -2.25. The van der Waals surface area contributed by atoms with Crippen LogP contribution < -0.4 is 5.32 Å². The molecule has 0 heterocycles. The van der Waals surface area contributed by atoms with Crippen molar-refractivity contribution < 1.29 is 23.1 Å². The number of benzene rings is 2. The molecule has 1 atom stereocenters. The maximum atomic E-state index is 14.0. The lowest BCUT2D eigenvalue weighted by Gasteiger charge is -2.41. The van der Waals surface area contributed by atoms with Crippen LogP contribution in [-0.2, 0) is 0 Å². The fourth-order valence-corrected chi connectivity index (χ4v) is 3.95. The first kappa shape index (κ1) is 21.0. The number of hydrogen-bond donors (Lipinski definition) is 2. The fraction of sp³-hybridized carbons (Fsp3) is 0.350. The third-order valence-electron chi connectivity index (χ3n) is 5.08. The van der Waals surface area contributed by atoms with Crippen molar-refractivity contribution in [1.82, 2.24) is 5.32 Å². The lowest BCUT2D eigenvalue weighted by atomic mass is 9.76. The summed E-state index contributed by atoms with van der Waals surface area (Å²) in [6, 6.07) is 6.65. The Labute approximate surface area is 170 Å². The van der Waals surface area contributed by atoms with Gasteiger partial charge in [0.15, 0.2) is 0 Å². The molecule has 1 fully saturated rings. The number of nitrogens with one attached hydrogen (secondary N) is 1. The SMILES string of the molecule is O=C(NC(c1cccc(F)c1Cl)[C@]1(O)CC[C@H](F)CC1)c1cccc(F)c1Cl. The minimum absolute atomic E-state index is 0.0445. The molecule has 3 rings (SSSR count). The first-order valence-electron chi connectivity index (χ1n) is 8.78. The molecule has 150 valence electrons. The summed E-state index contributed by atoms with van der Waals surface area (Å²) in [5, 5.41) is 13.1. The summed E-state index contributed by atoms with van der Waals surface area (Å²) in [6.07, 6.45) is -0.782. The largest absolute Gasteiger partial charge is 0.387 e. The smallest absolute Gasteiger partial charge is 0.253 e. The first-order chi connectivity index (χ1) is 13.2. The average Bonchev–Trinajstić information content (AvgIpc) is 2.67. The van der Waals surface area contributed by atoms with Crippen LogP contribution in [0.2, 0.25) is 10.0 Å². The van der Waals surface area contributed by atoms with Crippen LogP contribution in [0.25, 0.3) is 0 Å². The molecular weight excluding hydrogens is 414 g/mol. The molecule has 0 spiro atoms. The number of rotatable bonds is 4. The quantitative estimate of drug-likeness (QED) is 0.681. The summed E-state index contributed by atoms with van der Waals surface area (Å²) < 4.78 is 41.3. The zero-order chi connectivity index (χ0) is 20.5. The predicted octanol–water partition coefficient (Wildman–Crippen LogP) is 5.39. The molecule has 1 aliphatic carbocycles. The van der Waals surface area contributed by atoms with Gasteiger partial charge in [-0.1, -0.05) is 41.4 Å². The molecule has 2 N–H and O–H groups in total. The average molecular weight is 432 g/mol. The summed E-state index contributed by atoms with van der Waals surface area (Å²) >= 11 is 12.0. The molecule has 0 radical (unpaired) electrons. The van der Waals surface area contributed by atoms with Crippen LogP contribution in [0, 0.1) is 11.6 Å². The van der Waals surface area contributed by atoms with E-state index in [1.165, 1.54) is 24.3 Å². The van der Waals surface area contributed by atoms with E-state index in [-0.39, 0.29) is 46.9 Å². The minimum Gasteiger partial charge on any atom is -0.387 e. The second-order valence-corrected chi connectivity index (χ2v) is 7.69. The van der Waals surface area contributed by atoms with Gasteiger partial charge in [-0.15, -0.1) is 0 Å². The van der Waals surface area contributed by atoms with Gasteiger partial charge in [0.05, 0.1) is 27.3 Å². The number of hydrogen-bond acceptors (Lipinski definition) is 2. The second-order valence-electron chi connectivity index (χ2n) is 6.93. The van der Waals surface area contributed by atoms with E-state index in [0.29, 0.717) is 0 Å². The molecular formula is C20H18Cl2F3NO2. The number of carbonyl (C=O) groups excluding carboxylic acids is 1. The van der Waals surface area contributed by atoms with Crippen LogP contribution in [0.5, 0.6) is 0 Å². The number of aliphatic hydroxyl groups is 1. The van der Waals surface area contributed by atoms with Crippen LogP contribution in [-0.4, -0.2) is 22.8 Å². The van der Waals surface area contributed by atoms with Crippen LogP contribution >= 0.6 is 23.2 Å². The summed E-state index contributed by atoms with van der Waals surface area (Å²) in [5.41, 5.74) is -1.53. The number of alkyl halides is 1. The first-order valence-corrected chi connectivity index (χ1v) is 9.54. The standard InChI is InChI=1S/C20H18Cl2F3NO2/c21-16-12(3-1-5-14(16)24)18(20(28)9-7-11(23)8-10-20)26-19(27)13-4-2-6-15(25)17(13)22/h1-6,11,18,28H,7-10H2,(H,26,27)/t11-,18?,20-. The van der Waals surface area contributed by atoms with E-state index in [9.17, 15) is 23.1 Å². The van der Waals surface area contributed by atoms with Crippen molar-refractivity contribution in [3.05, 3.63) is 69.2 Å². The Morgan fingerprint density at radius 2 is 1.64 bits per heavy atom. The number of carbonyl (C=O) groups is 1. The van der Waals surface area contributed by atoms with Crippen molar-refractivity contribution in [2.45, 2.75) is 43.5 Å². The number of halogens is 5. The Hall–Kier alpha value is -1.76. The van der Waals surface area contributed by atoms with E-state index >= 15 is 0 Å². The summed E-state index contributed by atoms with van der Waals surface area (Å²) in [6.45, 7) is 0. The Morgan fingerprint density at radius 1 is 1.07 bits per heavy atom. The van der Waals surface area contributed by atoms with E-state index in [1.54, 1.807) is 0 Å². The topological polar surface area (TPSA) is 49.3 Å². The van der Waals surface area contributed by atoms with Crippen molar-refractivity contribution in [3.63, 3.8) is 0 Å². The molecule has 3 nitrogen and oxygen atoms in total. The van der Waals surface area contributed by atoms with Crippen LogP contribution in [0.15, 0.2) is 36.4 Å². The van der Waals surface area contributed by atoms with E-state index in [4.69, 9.17) is 23.2 Å². The maximum Gasteiger partial charge on any atom is 0.253 e. The molecule has 28 heavy (non-hydrogen) atoms. The van der Waals surface area contributed by atoms with Gasteiger partial charge in [-0.2, -0.15) is 0 Å². The van der Waals surface area contributed by atoms with E-state index in [2.05, 4.69) is 5.32 Å². The molecule has 1 unspecified atom stereocenters. The van der Waals surface area contributed by atoms with E-state index in [1.807, 2.05) is 0 Å². The van der Waals surface area contributed by atoms with Gasteiger partial charge in [0.25, 0.3) is 5.91 Å². The minimum atomic E-state index is -1.55. The Morgan fingerprint density at radius 3 is 2.29 bits per heavy atom. The molecule has 0 aromatic heterocycles. The van der Waals surface area contributed by atoms with Gasteiger partial charge in [-0.25, -0.2) is 13.2 Å². The van der Waals surface area contributed by atoms with Crippen LogP contribution in [0.3, 0.4) is 0 Å². The van der Waals surface area contributed by atoms with Gasteiger partial charge in [-0.05, 0) is 49.4 Å². The molecule has 2 aromatic carbocycles. The van der Waals surface area contributed by atoms with Gasteiger partial charge in [-0.3, -0.25) is 4.79 Å². The van der Waals surface area contributed by atoms with Crippen molar-refractivity contribution in [3.8, 4) is 0 Å². The van der Waals surface area contributed by atoms with Crippen LogP contribution in [0.4, 0.5) is 13.2 Å². The van der Waals surface area contributed by atoms with Gasteiger partial charge in [0, 0.05) is 0 Å². The highest BCUT2D eigenvalue weighted by molar-refractivity contribution is 6.34. The Kier molecular flexibility index (Phi) is 6.22. The van der Waals surface area contributed by atoms with Gasteiger partial charge < -0.3 is 10.4 Å². The van der Waals surface area contributed by atoms with E-state index in [0.717, 1.165) is 12.1 Å². The van der Waals surface area contributed by atoms with Crippen molar-refractivity contribution in [2.24, 2.45) is 0 Å². The molecule has 0 aliphatic heterocycles. The van der Waals surface area contributed by atoms with Gasteiger partial charge >= 0.3 is 0 Å². The molecule has 0 saturated heterocycles. The highest BCUT2D eigenvalue weighted by Crippen LogP contribution is 2.42. The summed E-state index contributed by atoms with van der Waals surface area (Å²) in [7, 11) is 0. The van der Waals surface area contributed by atoms with Crippen LogP contribution in [0.1, 0.15) is 47.6 Å². The summed E-state index contributed by atoms with van der Waals surface area (Å²) in [4.78, 5) is 12.8. The third kappa shape index (κ3) is 4.14. The van der Waals surface area contributed by atoms with Crippen molar-refractivity contribution in [2.75, 3.05) is 0 Å². The number of amides is 1. The Bertz CT molecular complexity index is 886. The zero-order valence-corrected chi connectivity index (χ0v) is 16.2. The molecule has 2 aromatic rings. The van der Waals surface area contributed by atoms with Gasteiger partial charge in [0.2, 0.25) is 0 Å². The monoisotopic (exact) mass is 431 g/mol. The molecule has 8 heteroatoms. The normalized spacial score (nSPS) is 23.3. The fourth-order valence-electron chi connectivity index (χ4n) is 3.50. The highest BCUT2D eigenvalue weighted by atomic mass is 35.5. The molecule has 1 amide bonds. The lowest BCUT2D eigenvalue weighted by molar-refractivity contribution is -0.0445. The highest BCUT2D eigenvalue weighted by Gasteiger charge is 2.43. The third-order valence-corrected chi connectivity index (χ3v) is 5.87. The lowest BCUT2D eigenvalue weighted by Crippen LogP contribution is -2.48. The van der Waals surface area contributed by atoms with E-state index < -0.39 is 35.4 Å². The molecule has 0 bridgehead atoms. The Balaban J connectivity index is 2.00. The predicted molar refractivity (Wildman–Crippen MR) is 101 cm³/mol. The molecule has 1 aliphatic rings. The second kappa shape index (κ2) is 8.31. The van der Waals surface area contributed by atoms with Gasteiger partial charge in [0.1, 0.15) is 17.8 Å². The van der Waals surface area contributed by atoms with Crippen molar-refractivity contribution >= 4 is 29.1 Å².